The number of thiocarbonyl (C=S) groups is 1. The molecule has 3 rings (SSSR count). The minimum absolute atomic E-state index is 0.0648. The number of rotatable bonds is 4. The van der Waals surface area contributed by atoms with Crippen molar-refractivity contribution < 1.29 is 13.2 Å². The number of hydrogen-bond donors (Lipinski definition) is 1. The van der Waals surface area contributed by atoms with E-state index in [1.807, 2.05) is 11.0 Å². The number of sulfonamides is 1. The summed E-state index contributed by atoms with van der Waals surface area (Å²) in [4.78, 5) is 2.04. The van der Waals surface area contributed by atoms with E-state index in [1.54, 1.807) is 12.1 Å². The monoisotopic (exact) mass is 394 g/mol. The van der Waals surface area contributed by atoms with Crippen molar-refractivity contribution in [3.63, 3.8) is 0 Å². The maximum atomic E-state index is 12.8. The van der Waals surface area contributed by atoms with E-state index >= 15 is 0 Å². The molecule has 2 aliphatic heterocycles. The number of benzene rings is 1. The number of nitrogens with zero attached hydrogens (tertiary/aromatic N) is 3. The van der Waals surface area contributed by atoms with Crippen LogP contribution in [-0.2, 0) is 14.8 Å². The number of hydrogen-bond acceptors (Lipinski definition) is 5. The van der Waals surface area contributed by atoms with Crippen molar-refractivity contribution in [3.8, 4) is 6.07 Å². The first-order valence-corrected chi connectivity index (χ1v) is 10.5. The molecule has 0 aliphatic carbocycles. The normalized spacial score (nSPS) is 21.3. The standard InChI is InChI=1S/C17H22N4O3S2/c18-12-14-4-1-2-6-16(14)26(22,23)21-9-7-20(8-10-21)17(25)19-13-15-5-3-11-24-15/h1-2,4,6,15H,3,5,7-11,13H2,(H,19,25)/t15-/m0/s1. The maximum absolute atomic E-state index is 12.8. The van der Waals surface area contributed by atoms with E-state index in [4.69, 9.17) is 22.2 Å². The summed E-state index contributed by atoms with van der Waals surface area (Å²) >= 11 is 5.42. The third-order valence-corrected chi connectivity index (χ3v) is 7.02. The zero-order chi connectivity index (χ0) is 18.6. The molecule has 26 heavy (non-hydrogen) atoms. The van der Waals surface area contributed by atoms with Gasteiger partial charge in [-0.2, -0.15) is 9.57 Å². The molecule has 1 aromatic rings. The van der Waals surface area contributed by atoms with E-state index in [2.05, 4.69) is 5.32 Å². The third kappa shape index (κ3) is 4.15. The van der Waals surface area contributed by atoms with Crippen molar-refractivity contribution in [2.45, 2.75) is 23.8 Å². The maximum Gasteiger partial charge on any atom is 0.244 e. The first-order chi connectivity index (χ1) is 12.5. The lowest BCUT2D eigenvalue weighted by Crippen LogP contribution is -2.53. The van der Waals surface area contributed by atoms with Gasteiger partial charge in [0.1, 0.15) is 6.07 Å². The molecule has 1 atom stereocenters. The van der Waals surface area contributed by atoms with E-state index in [0.29, 0.717) is 37.8 Å². The van der Waals surface area contributed by atoms with Gasteiger partial charge in [-0.3, -0.25) is 0 Å². The van der Waals surface area contributed by atoms with Crippen LogP contribution in [0, 0.1) is 11.3 Å². The summed E-state index contributed by atoms with van der Waals surface area (Å²) in [7, 11) is -3.68. The predicted molar refractivity (Wildman–Crippen MR) is 101 cm³/mol. The Morgan fingerprint density at radius 3 is 2.69 bits per heavy atom. The average Bonchev–Trinajstić information content (AvgIpc) is 3.19. The summed E-state index contributed by atoms with van der Waals surface area (Å²) in [5.41, 5.74) is 0.170. The minimum Gasteiger partial charge on any atom is -0.376 e. The van der Waals surface area contributed by atoms with Gasteiger partial charge in [-0.05, 0) is 37.2 Å². The second kappa shape index (κ2) is 8.31. The van der Waals surface area contributed by atoms with Gasteiger partial charge in [0, 0.05) is 39.3 Å². The third-order valence-electron chi connectivity index (χ3n) is 4.66. The Morgan fingerprint density at radius 1 is 1.31 bits per heavy atom. The van der Waals surface area contributed by atoms with Crippen LogP contribution in [-0.4, -0.2) is 68.2 Å². The van der Waals surface area contributed by atoms with Crippen molar-refractivity contribution in [1.82, 2.24) is 14.5 Å². The number of nitrogens with one attached hydrogen (secondary N) is 1. The van der Waals surface area contributed by atoms with Crippen molar-refractivity contribution in [2.24, 2.45) is 0 Å². The predicted octanol–water partition coefficient (Wildman–Crippen LogP) is 0.918. The highest BCUT2D eigenvalue weighted by atomic mass is 32.2. The van der Waals surface area contributed by atoms with Crippen LogP contribution in [0.5, 0.6) is 0 Å². The molecule has 0 amide bonds. The molecule has 0 bridgehead atoms. The van der Waals surface area contributed by atoms with Gasteiger partial charge in [0.15, 0.2) is 5.11 Å². The Balaban J connectivity index is 1.57. The number of piperazine rings is 1. The highest BCUT2D eigenvalue weighted by Gasteiger charge is 2.31. The SMILES string of the molecule is N#Cc1ccccc1S(=O)(=O)N1CCN(C(=S)NC[C@@H]2CCCO2)CC1. The van der Waals surface area contributed by atoms with Gasteiger partial charge in [0.25, 0.3) is 0 Å². The van der Waals surface area contributed by atoms with Gasteiger partial charge < -0.3 is 15.0 Å². The molecule has 140 valence electrons. The molecular weight excluding hydrogens is 372 g/mol. The molecule has 0 aromatic heterocycles. The minimum atomic E-state index is -3.68. The molecule has 7 nitrogen and oxygen atoms in total. The van der Waals surface area contributed by atoms with Crippen LogP contribution in [0.1, 0.15) is 18.4 Å². The summed E-state index contributed by atoms with van der Waals surface area (Å²) in [6.45, 7) is 3.21. The fraction of sp³-hybridized carbons (Fsp3) is 0.529. The molecule has 2 saturated heterocycles. The van der Waals surface area contributed by atoms with E-state index in [0.717, 1.165) is 19.4 Å². The van der Waals surface area contributed by atoms with Crippen molar-refractivity contribution in [1.29, 1.82) is 5.26 Å². The fourth-order valence-electron chi connectivity index (χ4n) is 3.17. The first-order valence-electron chi connectivity index (χ1n) is 8.66. The summed E-state index contributed by atoms with van der Waals surface area (Å²) in [5, 5.41) is 13.0. The van der Waals surface area contributed by atoms with Crippen LogP contribution in [0.25, 0.3) is 0 Å². The van der Waals surface area contributed by atoms with E-state index < -0.39 is 10.0 Å². The van der Waals surface area contributed by atoms with Gasteiger partial charge in [-0.1, -0.05) is 12.1 Å². The lowest BCUT2D eigenvalue weighted by Gasteiger charge is -2.35. The van der Waals surface area contributed by atoms with Gasteiger partial charge in [-0.25, -0.2) is 8.42 Å². The van der Waals surface area contributed by atoms with Crippen LogP contribution in [0.15, 0.2) is 29.2 Å². The molecule has 2 fully saturated rings. The van der Waals surface area contributed by atoms with Gasteiger partial charge in [0.05, 0.1) is 16.6 Å². The molecule has 0 saturated carbocycles. The van der Waals surface area contributed by atoms with E-state index in [-0.39, 0.29) is 16.6 Å². The quantitative estimate of drug-likeness (QED) is 0.760. The molecule has 0 radical (unpaired) electrons. The fourth-order valence-corrected chi connectivity index (χ4v) is 5.00. The number of nitriles is 1. The molecule has 1 aromatic carbocycles. The Kier molecular flexibility index (Phi) is 6.09. The van der Waals surface area contributed by atoms with Crippen LogP contribution in [0.2, 0.25) is 0 Å². The topological polar surface area (TPSA) is 85.7 Å². The highest BCUT2D eigenvalue weighted by Crippen LogP contribution is 2.21. The van der Waals surface area contributed by atoms with Gasteiger partial charge in [0.2, 0.25) is 10.0 Å². The van der Waals surface area contributed by atoms with Crippen molar-refractivity contribution >= 4 is 27.4 Å². The second-order valence-corrected chi connectivity index (χ2v) is 8.61. The zero-order valence-corrected chi connectivity index (χ0v) is 16.1. The Morgan fingerprint density at radius 2 is 2.04 bits per heavy atom. The van der Waals surface area contributed by atoms with Crippen molar-refractivity contribution in [2.75, 3.05) is 39.3 Å². The molecule has 0 spiro atoms. The lowest BCUT2D eigenvalue weighted by molar-refractivity contribution is 0.113. The van der Waals surface area contributed by atoms with Crippen LogP contribution < -0.4 is 5.32 Å². The van der Waals surface area contributed by atoms with Gasteiger partial charge >= 0.3 is 0 Å². The van der Waals surface area contributed by atoms with Gasteiger partial charge in [-0.15, -0.1) is 0 Å². The molecule has 0 unspecified atom stereocenters. The molecular formula is C17H22N4O3S2. The molecule has 2 aliphatic rings. The van der Waals surface area contributed by atoms with E-state index in [1.165, 1.54) is 16.4 Å². The molecule has 2 heterocycles. The highest BCUT2D eigenvalue weighted by molar-refractivity contribution is 7.89. The Labute approximate surface area is 159 Å². The summed E-state index contributed by atoms with van der Waals surface area (Å²) in [5.74, 6) is 0. The summed E-state index contributed by atoms with van der Waals surface area (Å²) in [6, 6.07) is 8.25. The summed E-state index contributed by atoms with van der Waals surface area (Å²) in [6.07, 6.45) is 2.33. The second-order valence-electron chi connectivity index (χ2n) is 6.32. The van der Waals surface area contributed by atoms with Crippen LogP contribution >= 0.6 is 12.2 Å². The van der Waals surface area contributed by atoms with Crippen LogP contribution in [0.3, 0.4) is 0 Å². The van der Waals surface area contributed by atoms with Crippen LogP contribution in [0.4, 0.5) is 0 Å². The largest absolute Gasteiger partial charge is 0.376 e. The Bertz CT molecular complexity index is 792. The average molecular weight is 395 g/mol. The zero-order valence-electron chi connectivity index (χ0n) is 14.4. The lowest BCUT2D eigenvalue weighted by atomic mass is 10.2. The summed E-state index contributed by atoms with van der Waals surface area (Å²) < 4.78 is 32.7. The first kappa shape index (κ1) is 19.0. The van der Waals surface area contributed by atoms with Crippen molar-refractivity contribution in [3.05, 3.63) is 29.8 Å². The van der Waals surface area contributed by atoms with E-state index in [9.17, 15) is 8.42 Å². The smallest absolute Gasteiger partial charge is 0.244 e. The molecule has 9 heteroatoms. The number of ether oxygens (including phenoxy) is 1. The Hall–Kier alpha value is -1.73. The molecule has 1 N–H and O–H groups in total.